The number of amides is 2. The maximum absolute atomic E-state index is 13.2. The summed E-state index contributed by atoms with van der Waals surface area (Å²) < 4.78 is 46.1. The summed E-state index contributed by atoms with van der Waals surface area (Å²) in [6, 6.07) is 7.22. The Kier molecular flexibility index (Phi) is 6.66. The number of hydrogen-bond donors (Lipinski definition) is 2. The Labute approximate surface area is 167 Å². The van der Waals surface area contributed by atoms with Crippen molar-refractivity contribution < 1.29 is 22.7 Å². The maximum Gasteiger partial charge on any atom is 0.435 e. The molecule has 1 aromatic heterocycles. The minimum Gasteiger partial charge on any atom is -0.497 e. The summed E-state index contributed by atoms with van der Waals surface area (Å²) in [5.41, 5.74) is 1.24. The fraction of sp³-hybridized carbons (Fsp3) is 0.500. The predicted molar refractivity (Wildman–Crippen MR) is 102 cm³/mol. The first kappa shape index (κ1) is 21.0. The van der Waals surface area contributed by atoms with Crippen molar-refractivity contribution in [3.05, 3.63) is 46.8 Å². The molecule has 158 valence electrons. The van der Waals surface area contributed by atoms with E-state index in [0.29, 0.717) is 37.1 Å². The molecule has 0 saturated heterocycles. The first-order valence-electron chi connectivity index (χ1n) is 9.69. The average molecular weight is 410 g/mol. The van der Waals surface area contributed by atoms with E-state index in [1.54, 1.807) is 7.11 Å². The molecule has 1 aliphatic rings. The summed E-state index contributed by atoms with van der Waals surface area (Å²) >= 11 is 0. The van der Waals surface area contributed by atoms with Crippen molar-refractivity contribution in [2.75, 3.05) is 20.2 Å². The van der Waals surface area contributed by atoms with Gasteiger partial charge in [0.2, 0.25) is 0 Å². The van der Waals surface area contributed by atoms with E-state index >= 15 is 0 Å². The van der Waals surface area contributed by atoms with Gasteiger partial charge < -0.3 is 15.4 Å². The van der Waals surface area contributed by atoms with E-state index < -0.39 is 11.9 Å². The molecule has 0 saturated carbocycles. The van der Waals surface area contributed by atoms with E-state index in [1.165, 1.54) is 4.68 Å². The number of carbonyl (C=O) groups is 1. The zero-order chi connectivity index (χ0) is 20.9. The summed E-state index contributed by atoms with van der Waals surface area (Å²) in [7, 11) is 1.60. The molecule has 2 amide bonds. The van der Waals surface area contributed by atoms with Crippen LogP contribution in [0, 0.1) is 0 Å². The summed E-state index contributed by atoms with van der Waals surface area (Å²) in [6.45, 7) is 0.873. The Bertz CT molecular complexity index is 831. The van der Waals surface area contributed by atoms with Gasteiger partial charge in [0.1, 0.15) is 5.75 Å². The zero-order valence-corrected chi connectivity index (χ0v) is 16.3. The Hall–Kier alpha value is -2.71. The van der Waals surface area contributed by atoms with Crippen LogP contribution in [0.2, 0.25) is 0 Å². The van der Waals surface area contributed by atoms with Gasteiger partial charge in [-0.3, -0.25) is 4.68 Å². The minimum atomic E-state index is -4.45. The van der Waals surface area contributed by atoms with Crippen molar-refractivity contribution in [2.45, 2.75) is 44.8 Å². The van der Waals surface area contributed by atoms with Crippen molar-refractivity contribution >= 4 is 6.03 Å². The molecule has 0 spiro atoms. The summed E-state index contributed by atoms with van der Waals surface area (Å²) in [6.07, 6.45) is -1.18. The van der Waals surface area contributed by atoms with E-state index in [1.807, 2.05) is 24.3 Å². The van der Waals surface area contributed by atoms with Gasteiger partial charge in [-0.1, -0.05) is 12.1 Å². The predicted octanol–water partition coefficient (Wildman–Crippen LogP) is 3.33. The standard InChI is InChI=1S/C20H25F3N4O2/c1-29-15-8-6-14(7-9-15)10-11-24-19(28)25-12-13-27-17-5-3-2-4-16(17)18(26-27)20(21,22)23/h6-9H,2-5,10-13H2,1H3,(H2,24,25,28). The van der Waals surface area contributed by atoms with Crippen LogP contribution in [0.3, 0.4) is 0 Å². The Balaban J connectivity index is 1.46. The molecular formula is C20H25F3N4O2. The summed E-state index contributed by atoms with van der Waals surface area (Å²) in [5.74, 6) is 0.772. The second-order valence-corrected chi connectivity index (χ2v) is 6.98. The van der Waals surface area contributed by atoms with Crippen LogP contribution in [0.1, 0.15) is 35.4 Å². The number of nitrogens with one attached hydrogen (secondary N) is 2. The molecule has 29 heavy (non-hydrogen) atoms. The third-order valence-corrected chi connectivity index (χ3v) is 4.99. The van der Waals surface area contributed by atoms with E-state index in [-0.39, 0.29) is 19.1 Å². The highest BCUT2D eigenvalue weighted by Crippen LogP contribution is 2.35. The fourth-order valence-corrected chi connectivity index (χ4v) is 3.53. The van der Waals surface area contributed by atoms with Gasteiger partial charge >= 0.3 is 12.2 Å². The number of ether oxygens (including phenoxy) is 1. The molecule has 1 aliphatic carbocycles. The lowest BCUT2D eigenvalue weighted by Crippen LogP contribution is -2.38. The lowest BCUT2D eigenvalue weighted by molar-refractivity contribution is -0.142. The van der Waals surface area contributed by atoms with Crippen LogP contribution in [0.4, 0.5) is 18.0 Å². The Morgan fingerprint density at radius 1 is 1.14 bits per heavy atom. The number of carbonyl (C=O) groups excluding carboxylic acids is 1. The van der Waals surface area contributed by atoms with Crippen LogP contribution in [0.15, 0.2) is 24.3 Å². The summed E-state index contributed by atoms with van der Waals surface area (Å²) in [4.78, 5) is 11.9. The van der Waals surface area contributed by atoms with E-state index in [2.05, 4.69) is 15.7 Å². The molecular weight excluding hydrogens is 385 g/mol. The number of aromatic nitrogens is 2. The molecule has 1 heterocycles. The van der Waals surface area contributed by atoms with Crippen LogP contribution in [-0.4, -0.2) is 36.0 Å². The lowest BCUT2D eigenvalue weighted by atomic mass is 9.95. The second kappa shape index (κ2) is 9.19. The number of urea groups is 1. The second-order valence-electron chi connectivity index (χ2n) is 6.98. The topological polar surface area (TPSA) is 68.2 Å². The fourth-order valence-electron chi connectivity index (χ4n) is 3.53. The number of nitrogens with zero attached hydrogens (tertiary/aromatic N) is 2. The molecule has 6 nitrogen and oxygen atoms in total. The molecule has 0 radical (unpaired) electrons. The molecule has 1 aromatic carbocycles. The minimum absolute atomic E-state index is 0.208. The van der Waals surface area contributed by atoms with Gasteiger partial charge in [-0.2, -0.15) is 18.3 Å². The maximum atomic E-state index is 13.2. The van der Waals surface area contributed by atoms with Gasteiger partial charge in [0.05, 0.1) is 13.7 Å². The van der Waals surface area contributed by atoms with Gasteiger partial charge in [-0.05, 0) is 49.8 Å². The van der Waals surface area contributed by atoms with Crippen LogP contribution < -0.4 is 15.4 Å². The largest absolute Gasteiger partial charge is 0.497 e. The number of fused-ring (bicyclic) bond motifs is 1. The van der Waals surface area contributed by atoms with Gasteiger partial charge in [-0.15, -0.1) is 0 Å². The zero-order valence-electron chi connectivity index (χ0n) is 16.3. The van der Waals surface area contributed by atoms with E-state index in [9.17, 15) is 18.0 Å². The molecule has 9 heteroatoms. The normalized spacial score (nSPS) is 13.7. The number of benzene rings is 1. The summed E-state index contributed by atoms with van der Waals surface area (Å²) in [5, 5.41) is 9.21. The van der Waals surface area contributed by atoms with Crippen LogP contribution in [-0.2, 0) is 32.0 Å². The monoisotopic (exact) mass is 410 g/mol. The van der Waals surface area contributed by atoms with Gasteiger partial charge in [0, 0.05) is 24.3 Å². The number of hydrogen-bond acceptors (Lipinski definition) is 3. The number of halogens is 3. The molecule has 0 fully saturated rings. The smallest absolute Gasteiger partial charge is 0.435 e. The van der Waals surface area contributed by atoms with Crippen molar-refractivity contribution in [3.8, 4) is 5.75 Å². The highest BCUT2D eigenvalue weighted by atomic mass is 19.4. The Morgan fingerprint density at radius 2 is 1.83 bits per heavy atom. The van der Waals surface area contributed by atoms with Gasteiger partial charge in [-0.25, -0.2) is 4.79 Å². The SMILES string of the molecule is COc1ccc(CCNC(=O)NCCn2nc(C(F)(F)F)c3c2CCCC3)cc1. The average Bonchev–Trinajstić information content (AvgIpc) is 3.08. The molecule has 0 unspecified atom stereocenters. The van der Waals surface area contributed by atoms with Gasteiger partial charge in [0.25, 0.3) is 0 Å². The first-order valence-corrected chi connectivity index (χ1v) is 9.69. The third kappa shape index (κ3) is 5.42. The van der Waals surface area contributed by atoms with Crippen molar-refractivity contribution in [2.24, 2.45) is 0 Å². The van der Waals surface area contributed by atoms with Crippen LogP contribution in [0.5, 0.6) is 5.75 Å². The van der Waals surface area contributed by atoms with Crippen molar-refractivity contribution in [1.82, 2.24) is 20.4 Å². The van der Waals surface area contributed by atoms with Crippen molar-refractivity contribution in [1.29, 1.82) is 0 Å². The van der Waals surface area contributed by atoms with Gasteiger partial charge in [0.15, 0.2) is 5.69 Å². The van der Waals surface area contributed by atoms with E-state index in [4.69, 9.17) is 4.74 Å². The molecule has 3 rings (SSSR count). The quantitative estimate of drug-likeness (QED) is 0.736. The Morgan fingerprint density at radius 3 is 2.52 bits per heavy atom. The van der Waals surface area contributed by atoms with Crippen LogP contribution >= 0.6 is 0 Å². The molecule has 0 atom stereocenters. The molecule has 0 bridgehead atoms. The number of methoxy groups -OCH3 is 1. The first-order chi connectivity index (χ1) is 13.9. The highest BCUT2D eigenvalue weighted by Gasteiger charge is 2.39. The van der Waals surface area contributed by atoms with Crippen molar-refractivity contribution in [3.63, 3.8) is 0 Å². The lowest BCUT2D eigenvalue weighted by Gasteiger charge is -2.15. The number of rotatable bonds is 7. The molecule has 2 aromatic rings. The molecule has 2 N–H and O–H groups in total. The highest BCUT2D eigenvalue weighted by molar-refractivity contribution is 5.73. The molecule has 0 aliphatic heterocycles. The van der Waals surface area contributed by atoms with Crippen LogP contribution in [0.25, 0.3) is 0 Å². The number of alkyl halides is 3. The third-order valence-electron chi connectivity index (χ3n) is 4.99. The van der Waals surface area contributed by atoms with E-state index in [0.717, 1.165) is 24.2 Å².